The van der Waals surface area contributed by atoms with E-state index in [1.54, 1.807) is 11.8 Å². The Kier molecular flexibility index (Phi) is 8.52. The number of benzene rings is 2. The van der Waals surface area contributed by atoms with Gasteiger partial charge in [0, 0.05) is 28.5 Å². The molecule has 2 amide bonds. The fraction of sp³-hybridized carbons (Fsp3) is 0.364. The summed E-state index contributed by atoms with van der Waals surface area (Å²) in [5.74, 6) is -0.229. The summed E-state index contributed by atoms with van der Waals surface area (Å²) in [4.78, 5) is 27.2. The standard InChI is InChI=1S/C22H26BrClN2O2/c1-15(2)25-22(28)16(3)26(14-17-8-11-19(23)12-9-17)21(27)13-10-18-6-4-5-7-20(18)24/h4-9,11-12,15-16H,10,13-14H2,1-3H3,(H,25,28). The van der Waals surface area contributed by atoms with Gasteiger partial charge in [-0.3, -0.25) is 9.59 Å². The van der Waals surface area contributed by atoms with Crippen molar-refractivity contribution in [2.75, 3.05) is 0 Å². The molecule has 0 aliphatic carbocycles. The lowest BCUT2D eigenvalue weighted by Crippen LogP contribution is -2.49. The van der Waals surface area contributed by atoms with Gasteiger partial charge in [0.15, 0.2) is 0 Å². The summed E-state index contributed by atoms with van der Waals surface area (Å²) in [7, 11) is 0. The van der Waals surface area contributed by atoms with E-state index < -0.39 is 6.04 Å². The van der Waals surface area contributed by atoms with Gasteiger partial charge in [-0.25, -0.2) is 0 Å². The van der Waals surface area contributed by atoms with E-state index in [4.69, 9.17) is 11.6 Å². The molecule has 2 rings (SSSR count). The van der Waals surface area contributed by atoms with Crippen LogP contribution in [0.5, 0.6) is 0 Å². The van der Waals surface area contributed by atoms with Crippen LogP contribution in [0.1, 0.15) is 38.3 Å². The molecule has 1 N–H and O–H groups in total. The molecule has 2 aromatic carbocycles. The monoisotopic (exact) mass is 464 g/mol. The van der Waals surface area contributed by atoms with Crippen LogP contribution in [-0.4, -0.2) is 28.8 Å². The highest BCUT2D eigenvalue weighted by Crippen LogP contribution is 2.19. The predicted octanol–water partition coefficient (Wildman–Crippen LogP) is 4.98. The third-order valence-electron chi connectivity index (χ3n) is 4.43. The number of rotatable bonds is 8. The number of carbonyl (C=O) groups is 2. The van der Waals surface area contributed by atoms with Crippen LogP contribution in [0.2, 0.25) is 5.02 Å². The Hall–Kier alpha value is -1.85. The lowest BCUT2D eigenvalue weighted by molar-refractivity contribution is -0.140. The van der Waals surface area contributed by atoms with Crippen LogP contribution in [0.3, 0.4) is 0 Å². The minimum atomic E-state index is -0.565. The summed E-state index contributed by atoms with van der Waals surface area (Å²) in [5.41, 5.74) is 1.90. The fourth-order valence-electron chi connectivity index (χ4n) is 2.86. The molecule has 0 saturated carbocycles. The van der Waals surface area contributed by atoms with E-state index in [-0.39, 0.29) is 17.9 Å². The van der Waals surface area contributed by atoms with E-state index in [1.165, 1.54) is 0 Å². The van der Waals surface area contributed by atoms with Crippen molar-refractivity contribution in [2.45, 2.75) is 52.2 Å². The number of aryl methyl sites for hydroxylation is 1. The van der Waals surface area contributed by atoms with Gasteiger partial charge in [0.1, 0.15) is 6.04 Å². The molecule has 0 aromatic heterocycles. The van der Waals surface area contributed by atoms with Crippen LogP contribution in [0.4, 0.5) is 0 Å². The van der Waals surface area contributed by atoms with E-state index >= 15 is 0 Å². The Labute approximate surface area is 180 Å². The topological polar surface area (TPSA) is 49.4 Å². The van der Waals surface area contributed by atoms with Gasteiger partial charge in [-0.05, 0) is 56.5 Å². The minimum absolute atomic E-state index is 0.0164. The molecule has 0 fully saturated rings. The molecule has 4 nitrogen and oxygen atoms in total. The Morgan fingerprint density at radius 2 is 1.71 bits per heavy atom. The smallest absolute Gasteiger partial charge is 0.242 e. The quantitative estimate of drug-likeness (QED) is 0.598. The number of nitrogens with zero attached hydrogens (tertiary/aromatic N) is 1. The normalized spacial score (nSPS) is 11.9. The highest BCUT2D eigenvalue weighted by Gasteiger charge is 2.26. The van der Waals surface area contributed by atoms with Crippen molar-refractivity contribution in [3.63, 3.8) is 0 Å². The van der Waals surface area contributed by atoms with Crippen molar-refractivity contribution in [1.29, 1.82) is 0 Å². The average Bonchev–Trinajstić information content (AvgIpc) is 2.65. The lowest BCUT2D eigenvalue weighted by atomic mass is 10.1. The van der Waals surface area contributed by atoms with Gasteiger partial charge < -0.3 is 10.2 Å². The van der Waals surface area contributed by atoms with Gasteiger partial charge in [0.2, 0.25) is 11.8 Å². The van der Waals surface area contributed by atoms with Gasteiger partial charge in [0.05, 0.1) is 0 Å². The molecule has 1 atom stereocenters. The molecule has 0 heterocycles. The predicted molar refractivity (Wildman–Crippen MR) is 117 cm³/mol. The zero-order chi connectivity index (χ0) is 20.7. The Bertz CT molecular complexity index is 808. The Morgan fingerprint density at radius 3 is 2.32 bits per heavy atom. The zero-order valence-corrected chi connectivity index (χ0v) is 18.8. The Balaban J connectivity index is 2.15. The first kappa shape index (κ1) is 22.4. The van der Waals surface area contributed by atoms with Crippen LogP contribution in [-0.2, 0) is 22.6 Å². The maximum atomic E-state index is 13.0. The SMILES string of the molecule is CC(C)NC(=O)C(C)N(Cc1ccc(Br)cc1)C(=O)CCc1ccccc1Cl. The maximum absolute atomic E-state index is 13.0. The van der Waals surface area contributed by atoms with Crippen molar-refractivity contribution in [3.8, 4) is 0 Å². The van der Waals surface area contributed by atoms with E-state index in [0.29, 0.717) is 24.4 Å². The summed E-state index contributed by atoms with van der Waals surface area (Å²) in [6.07, 6.45) is 0.827. The van der Waals surface area contributed by atoms with Gasteiger partial charge >= 0.3 is 0 Å². The van der Waals surface area contributed by atoms with Crippen LogP contribution < -0.4 is 5.32 Å². The number of carbonyl (C=O) groups excluding carboxylic acids is 2. The molecule has 0 bridgehead atoms. The number of amides is 2. The number of halogens is 2. The third-order valence-corrected chi connectivity index (χ3v) is 5.33. The average molecular weight is 466 g/mol. The molecular weight excluding hydrogens is 440 g/mol. The second kappa shape index (κ2) is 10.6. The molecule has 0 spiro atoms. The van der Waals surface area contributed by atoms with Gasteiger partial charge in [-0.15, -0.1) is 0 Å². The highest BCUT2D eigenvalue weighted by atomic mass is 79.9. The molecular formula is C22H26BrClN2O2. The summed E-state index contributed by atoms with van der Waals surface area (Å²) >= 11 is 9.63. The van der Waals surface area contributed by atoms with Crippen LogP contribution in [0.15, 0.2) is 53.0 Å². The second-order valence-corrected chi connectivity index (χ2v) is 8.40. The summed E-state index contributed by atoms with van der Waals surface area (Å²) in [6, 6.07) is 14.7. The minimum Gasteiger partial charge on any atom is -0.352 e. The van der Waals surface area contributed by atoms with Crippen molar-refractivity contribution in [2.24, 2.45) is 0 Å². The van der Waals surface area contributed by atoms with Crippen molar-refractivity contribution in [3.05, 3.63) is 69.2 Å². The van der Waals surface area contributed by atoms with E-state index in [0.717, 1.165) is 15.6 Å². The summed E-state index contributed by atoms with van der Waals surface area (Å²) in [6.45, 7) is 5.96. The van der Waals surface area contributed by atoms with Gasteiger partial charge in [0.25, 0.3) is 0 Å². The van der Waals surface area contributed by atoms with E-state index in [2.05, 4.69) is 21.2 Å². The second-order valence-electron chi connectivity index (χ2n) is 7.08. The maximum Gasteiger partial charge on any atom is 0.242 e. The number of hydrogen-bond acceptors (Lipinski definition) is 2. The summed E-state index contributed by atoms with van der Waals surface area (Å²) < 4.78 is 0.971. The molecule has 6 heteroatoms. The summed E-state index contributed by atoms with van der Waals surface area (Å²) in [5, 5.41) is 3.55. The van der Waals surface area contributed by atoms with Gasteiger partial charge in [-0.2, -0.15) is 0 Å². The first-order valence-corrected chi connectivity index (χ1v) is 10.5. The molecule has 0 aliphatic rings. The van der Waals surface area contributed by atoms with E-state index in [9.17, 15) is 9.59 Å². The molecule has 150 valence electrons. The van der Waals surface area contributed by atoms with E-state index in [1.807, 2.05) is 62.4 Å². The molecule has 1 unspecified atom stereocenters. The Morgan fingerprint density at radius 1 is 1.07 bits per heavy atom. The molecule has 28 heavy (non-hydrogen) atoms. The van der Waals surface area contributed by atoms with Crippen molar-refractivity contribution >= 4 is 39.3 Å². The number of hydrogen-bond donors (Lipinski definition) is 1. The first-order chi connectivity index (χ1) is 13.3. The molecule has 0 radical (unpaired) electrons. The molecule has 0 aliphatic heterocycles. The lowest BCUT2D eigenvalue weighted by Gasteiger charge is -2.29. The van der Waals surface area contributed by atoms with Crippen LogP contribution in [0, 0.1) is 0 Å². The first-order valence-electron chi connectivity index (χ1n) is 9.35. The highest BCUT2D eigenvalue weighted by molar-refractivity contribution is 9.10. The van der Waals surface area contributed by atoms with Gasteiger partial charge in [-0.1, -0.05) is 57.9 Å². The van der Waals surface area contributed by atoms with Crippen LogP contribution >= 0.6 is 27.5 Å². The fourth-order valence-corrected chi connectivity index (χ4v) is 3.36. The largest absolute Gasteiger partial charge is 0.352 e. The zero-order valence-electron chi connectivity index (χ0n) is 16.4. The number of nitrogens with one attached hydrogen (secondary N) is 1. The van der Waals surface area contributed by atoms with Crippen LogP contribution in [0.25, 0.3) is 0 Å². The van der Waals surface area contributed by atoms with Crippen molar-refractivity contribution < 1.29 is 9.59 Å². The molecule has 2 aromatic rings. The third kappa shape index (κ3) is 6.64. The van der Waals surface area contributed by atoms with Crippen molar-refractivity contribution in [1.82, 2.24) is 10.2 Å². The molecule has 0 saturated heterocycles.